The van der Waals surface area contributed by atoms with Gasteiger partial charge >= 0.3 is 5.97 Å². The highest BCUT2D eigenvalue weighted by atomic mass is 16.5. The maximum Gasteiger partial charge on any atom is 0.339 e. The van der Waals surface area contributed by atoms with Crippen LogP contribution in [0.5, 0.6) is 11.5 Å². The molecule has 0 aliphatic heterocycles. The minimum absolute atomic E-state index is 0.153. The fraction of sp³-hybridized carbons (Fsp3) is 0.0556. The average Bonchev–Trinajstić information content (AvgIpc) is 3.07. The van der Waals surface area contributed by atoms with Crippen molar-refractivity contribution in [3.8, 4) is 22.8 Å². The van der Waals surface area contributed by atoms with Crippen LogP contribution in [0.3, 0.4) is 0 Å². The van der Waals surface area contributed by atoms with E-state index in [1.165, 1.54) is 18.2 Å². The number of benzene rings is 2. The van der Waals surface area contributed by atoms with E-state index >= 15 is 0 Å². The second-order valence-electron chi connectivity index (χ2n) is 4.95. The summed E-state index contributed by atoms with van der Waals surface area (Å²) in [6.45, 7) is 0.310. The molecule has 0 radical (unpaired) electrons. The number of aromatic carboxylic acids is 1. The molecule has 0 aliphatic rings. The Labute approximate surface area is 132 Å². The van der Waals surface area contributed by atoms with E-state index in [0.717, 1.165) is 16.9 Å². The lowest BCUT2D eigenvalue weighted by molar-refractivity contribution is 0.0693. The molecule has 0 fully saturated rings. The number of furan rings is 1. The van der Waals surface area contributed by atoms with Crippen molar-refractivity contribution in [3.63, 3.8) is 0 Å². The van der Waals surface area contributed by atoms with Gasteiger partial charge in [-0.2, -0.15) is 0 Å². The summed E-state index contributed by atoms with van der Waals surface area (Å²) < 4.78 is 10.9. The summed E-state index contributed by atoms with van der Waals surface area (Å²) in [4.78, 5) is 10.8. The Balaban J connectivity index is 1.66. The van der Waals surface area contributed by atoms with Crippen LogP contribution >= 0.6 is 0 Å². The van der Waals surface area contributed by atoms with E-state index in [1.807, 2.05) is 36.4 Å². The third kappa shape index (κ3) is 3.35. The molecule has 2 aromatic carbocycles. The Morgan fingerprint density at radius 2 is 1.87 bits per heavy atom. The van der Waals surface area contributed by atoms with Gasteiger partial charge in [0.05, 0.1) is 6.26 Å². The molecule has 5 nitrogen and oxygen atoms in total. The number of phenols is 1. The van der Waals surface area contributed by atoms with Gasteiger partial charge in [0.1, 0.15) is 29.4 Å². The van der Waals surface area contributed by atoms with E-state index in [0.29, 0.717) is 12.4 Å². The maximum absolute atomic E-state index is 10.8. The highest BCUT2D eigenvalue weighted by Gasteiger charge is 2.10. The van der Waals surface area contributed by atoms with E-state index in [1.54, 1.807) is 6.26 Å². The van der Waals surface area contributed by atoms with Gasteiger partial charge in [0.2, 0.25) is 0 Å². The molecule has 0 spiro atoms. The highest BCUT2D eigenvalue weighted by molar-refractivity contribution is 5.90. The molecule has 0 atom stereocenters. The summed E-state index contributed by atoms with van der Waals surface area (Å²) in [6.07, 6.45) is 1.62. The number of hydrogen-bond acceptors (Lipinski definition) is 4. The van der Waals surface area contributed by atoms with Crippen LogP contribution in [0, 0.1) is 0 Å². The maximum atomic E-state index is 10.8. The summed E-state index contributed by atoms with van der Waals surface area (Å²) in [5, 5.41) is 18.5. The van der Waals surface area contributed by atoms with Crippen LogP contribution in [0.1, 0.15) is 15.9 Å². The number of hydrogen-bond donors (Lipinski definition) is 2. The van der Waals surface area contributed by atoms with Crippen LogP contribution < -0.4 is 4.74 Å². The van der Waals surface area contributed by atoms with Crippen molar-refractivity contribution >= 4 is 5.97 Å². The number of carbonyl (C=O) groups is 1. The quantitative estimate of drug-likeness (QED) is 0.746. The summed E-state index contributed by atoms with van der Waals surface area (Å²) in [7, 11) is 0. The SMILES string of the molecule is O=C(O)c1ccc(OCc2ccc(-c3ccco3)cc2)cc1O. The largest absolute Gasteiger partial charge is 0.507 e. The van der Waals surface area contributed by atoms with Crippen molar-refractivity contribution in [2.75, 3.05) is 0 Å². The van der Waals surface area contributed by atoms with E-state index < -0.39 is 5.97 Å². The van der Waals surface area contributed by atoms with Crippen LogP contribution in [-0.4, -0.2) is 16.2 Å². The van der Waals surface area contributed by atoms with E-state index in [-0.39, 0.29) is 11.3 Å². The molecule has 2 N–H and O–H groups in total. The molecule has 116 valence electrons. The van der Waals surface area contributed by atoms with Gasteiger partial charge in [-0.3, -0.25) is 0 Å². The minimum atomic E-state index is -1.18. The zero-order valence-electron chi connectivity index (χ0n) is 12.1. The summed E-state index contributed by atoms with van der Waals surface area (Å²) in [5.74, 6) is -0.292. The van der Waals surface area contributed by atoms with Crippen molar-refractivity contribution in [1.82, 2.24) is 0 Å². The van der Waals surface area contributed by atoms with E-state index in [4.69, 9.17) is 14.3 Å². The monoisotopic (exact) mass is 310 g/mol. The summed E-state index contributed by atoms with van der Waals surface area (Å²) in [5.41, 5.74) is 1.77. The van der Waals surface area contributed by atoms with Crippen LogP contribution in [-0.2, 0) is 6.61 Å². The molecule has 0 amide bonds. The van der Waals surface area contributed by atoms with Gasteiger partial charge in [0.15, 0.2) is 0 Å². The second-order valence-corrected chi connectivity index (χ2v) is 4.95. The molecular weight excluding hydrogens is 296 g/mol. The van der Waals surface area contributed by atoms with E-state index in [2.05, 4.69) is 0 Å². The first-order valence-electron chi connectivity index (χ1n) is 6.95. The lowest BCUT2D eigenvalue weighted by Crippen LogP contribution is -1.99. The number of ether oxygens (including phenoxy) is 1. The first kappa shape index (κ1) is 14.7. The fourth-order valence-corrected chi connectivity index (χ4v) is 2.16. The molecule has 0 bridgehead atoms. The molecule has 23 heavy (non-hydrogen) atoms. The van der Waals surface area contributed by atoms with Crippen molar-refractivity contribution < 1.29 is 24.2 Å². The van der Waals surface area contributed by atoms with Gasteiger partial charge in [0.25, 0.3) is 0 Å². The average molecular weight is 310 g/mol. The minimum Gasteiger partial charge on any atom is -0.507 e. The van der Waals surface area contributed by atoms with Crippen molar-refractivity contribution in [2.45, 2.75) is 6.61 Å². The van der Waals surface area contributed by atoms with Crippen LogP contribution in [0.15, 0.2) is 65.3 Å². The van der Waals surface area contributed by atoms with Crippen LogP contribution in [0.25, 0.3) is 11.3 Å². The zero-order valence-corrected chi connectivity index (χ0v) is 12.1. The number of carboxylic acid groups (broad SMARTS) is 1. The van der Waals surface area contributed by atoms with Gasteiger partial charge in [0, 0.05) is 11.6 Å². The summed E-state index contributed by atoms with van der Waals surface area (Å²) >= 11 is 0. The van der Waals surface area contributed by atoms with Crippen molar-refractivity contribution in [2.24, 2.45) is 0 Å². The van der Waals surface area contributed by atoms with Gasteiger partial charge in [-0.15, -0.1) is 0 Å². The molecular formula is C18H14O5. The van der Waals surface area contributed by atoms with Gasteiger partial charge in [-0.1, -0.05) is 24.3 Å². The molecule has 1 aromatic heterocycles. The third-order valence-electron chi connectivity index (χ3n) is 3.36. The Hall–Kier alpha value is -3.21. The molecule has 3 aromatic rings. The number of rotatable bonds is 5. The van der Waals surface area contributed by atoms with E-state index in [9.17, 15) is 9.90 Å². The van der Waals surface area contributed by atoms with Crippen LogP contribution in [0.4, 0.5) is 0 Å². The molecule has 0 aliphatic carbocycles. The predicted octanol–water partition coefficient (Wildman–Crippen LogP) is 3.93. The lowest BCUT2D eigenvalue weighted by Gasteiger charge is -2.08. The first-order valence-corrected chi connectivity index (χ1v) is 6.95. The van der Waals surface area contributed by atoms with Crippen LogP contribution in [0.2, 0.25) is 0 Å². The van der Waals surface area contributed by atoms with Crippen molar-refractivity contribution in [1.29, 1.82) is 0 Å². The first-order chi connectivity index (χ1) is 11.1. The Morgan fingerprint density at radius 3 is 2.48 bits per heavy atom. The van der Waals surface area contributed by atoms with Gasteiger partial charge < -0.3 is 19.4 Å². The van der Waals surface area contributed by atoms with Gasteiger partial charge in [-0.25, -0.2) is 4.79 Å². The Morgan fingerprint density at radius 1 is 1.09 bits per heavy atom. The molecule has 0 saturated heterocycles. The Kier molecular flexibility index (Phi) is 4.01. The number of aromatic hydroxyl groups is 1. The summed E-state index contributed by atoms with van der Waals surface area (Å²) in [6, 6.07) is 15.5. The Bertz CT molecular complexity index is 804. The normalized spacial score (nSPS) is 10.4. The standard InChI is InChI=1S/C18H14O5/c19-16-10-14(7-8-15(16)18(20)21)23-11-12-3-5-13(6-4-12)17-2-1-9-22-17/h1-10,19H,11H2,(H,20,21). The molecule has 5 heteroatoms. The molecule has 3 rings (SSSR count). The topological polar surface area (TPSA) is 79.9 Å². The third-order valence-corrected chi connectivity index (χ3v) is 3.36. The zero-order chi connectivity index (χ0) is 16.2. The lowest BCUT2D eigenvalue weighted by atomic mass is 10.1. The predicted molar refractivity (Wildman–Crippen MR) is 83.5 cm³/mol. The molecule has 0 unspecified atom stereocenters. The highest BCUT2D eigenvalue weighted by Crippen LogP contribution is 2.25. The second kappa shape index (κ2) is 6.27. The van der Waals surface area contributed by atoms with Crippen molar-refractivity contribution in [3.05, 3.63) is 72.0 Å². The smallest absolute Gasteiger partial charge is 0.339 e. The molecule has 0 saturated carbocycles. The number of carboxylic acids is 1. The molecule has 1 heterocycles. The van der Waals surface area contributed by atoms with Gasteiger partial charge in [-0.05, 0) is 29.8 Å². The fourth-order valence-electron chi connectivity index (χ4n) is 2.16.